The topological polar surface area (TPSA) is 92.5 Å². The smallest absolute Gasteiger partial charge is 0.270 e. The Balaban J connectivity index is 2.84. The zero-order valence-corrected chi connectivity index (χ0v) is 10.5. The molecule has 2 N–H and O–H groups in total. The number of hydrogen-bond acceptors (Lipinski definition) is 4. The molecule has 18 heavy (non-hydrogen) atoms. The summed E-state index contributed by atoms with van der Waals surface area (Å²) in [6.07, 6.45) is -0.144. The molecule has 1 aromatic carbocycles. The Labute approximate surface area is 109 Å². The third-order valence-corrected chi connectivity index (χ3v) is 2.70. The normalized spacial score (nSPS) is 11.9. The first-order valence-corrected chi connectivity index (χ1v) is 5.73. The molecule has 0 aliphatic heterocycles. The monoisotopic (exact) mass is 272 g/mol. The number of halogens is 1. The second kappa shape index (κ2) is 6.32. The number of hydrogen-bond donors (Lipinski definition) is 2. The number of nitro groups is 1. The molecule has 7 heteroatoms. The second-order valence-electron chi connectivity index (χ2n) is 3.69. The van der Waals surface area contributed by atoms with Crippen LogP contribution in [0.4, 0.5) is 5.69 Å². The molecular formula is C11H13ClN2O4. The SMILES string of the molecule is CCC(O)CNC(=O)c1cc([N+](=O)[O-])ccc1Cl. The van der Waals surface area contributed by atoms with Crippen LogP contribution in [0.2, 0.25) is 5.02 Å². The van der Waals surface area contributed by atoms with Crippen molar-refractivity contribution >= 4 is 23.2 Å². The Bertz CT molecular complexity index is 464. The minimum atomic E-state index is -0.647. The number of benzene rings is 1. The Hall–Kier alpha value is -1.66. The maximum atomic E-state index is 11.7. The van der Waals surface area contributed by atoms with E-state index in [1.165, 1.54) is 12.1 Å². The molecule has 0 bridgehead atoms. The highest BCUT2D eigenvalue weighted by Gasteiger charge is 2.16. The molecule has 0 aliphatic carbocycles. The van der Waals surface area contributed by atoms with Crippen LogP contribution in [0, 0.1) is 10.1 Å². The Kier molecular flexibility index (Phi) is 5.06. The van der Waals surface area contributed by atoms with E-state index in [1.807, 2.05) is 0 Å². The number of nitrogens with one attached hydrogen (secondary N) is 1. The molecule has 0 saturated carbocycles. The molecule has 98 valence electrons. The van der Waals surface area contributed by atoms with E-state index >= 15 is 0 Å². The number of non-ortho nitro benzene ring substituents is 1. The van der Waals surface area contributed by atoms with Crippen molar-refractivity contribution in [1.29, 1.82) is 0 Å². The van der Waals surface area contributed by atoms with Crippen molar-refractivity contribution in [2.24, 2.45) is 0 Å². The maximum absolute atomic E-state index is 11.7. The first-order chi connectivity index (χ1) is 8.45. The number of aliphatic hydroxyl groups excluding tert-OH is 1. The van der Waals surface area contributed by atoms with Gasteiger partial charge in [0.2, 0.25) is 0 Å². The summed E-state index contributed by atoms with van der Waals surface area (Å²) in [5.74, 6) is -0.545. The summed E-state index contributed by atoms with van der Waals surface area (Å²) in [6, 6.07) is 3.63. The van der Waals surface area contributed by atoms with Gasteiger partial charge in [0.15, 0.2) is 0 Å². The Morgan fingerprint density at radius 3 is 2.83 bits per heavy atom. The number of nitrogens with zero attached hydrogens (tertiary/aromatic N) is 1. The molecule has 1 rings (SSSR count). The van der Waals surface area contributed by atoms with Gasteiger partial charge in [-0.15, -0.1) is 0 Å². The second-order valence-corrected chi connectivity index (χ2v) is 4.10. The van der Waals surface area contributed by atoms with Crippen LogP contribution >= 0.6 is 11.6 Å². The van der Waals surface area contributed by atoms with E-state index < -0.39 is 16.9 Å². The van der Waals surface area contributed by atoms with Crippen LogP contribution in [-0.4, -0.2) is 28.6 Å². The fourth-order valence-corrected chi connectivity index (χ4v) is 1.45. The van der Waals surface area contributed by atoms with Gasteiger partial charge in [-0.1, -0.05) is 18.5 Å². The molecular weight excluding hydrogens is 260 g/mol. The fraction of sp³-hybridized carbons (Fsp3) is 0.364. The van der Waals surface area contributed by atoms with Crippen LogP contribution in [-0.2, 0) is 0 Å². The maximum Gasteiger partial charge on any atom is 0.270 e. The summed E-state index contributed by atoms with van der Waals surface area (Å²) in [4.78, 5) is 21.7. The lowest BCUT2D eigenvalue weighted by molar-refractivity contribution is -0.384. The van der Waals surface area contributed by atoms with Gasteiger partial charge in [0, 0.05) is 18.7 Å². The van der Waals surface area contributed by atoms with Crippen LogP contribution in [0.15, 0.2) is 18.2 Å². The number of carbonyl (C=O) groups is 1. The molecule has 1 amide bonds. The molecule has 6 nitrogen and oxygen atoms in total. The van der Waals surface area contributed by atoms with Gasteiger partial charge in [-0.3, -0.25) is 14.9 Å². The summed E-state index contributed by atoms with van der Waals surface area (Å²) in [5, 5.41) is 22.5. The van der Waals surface area contributed by atoms with Crippen LogP contribution in [0.1, 0.15) is 23.7 Å². The third-order valence-electron chi connectivity index (χ3n) is 2.37. The van der Waals surface area contributed by atoms with Gasteiger partial charge < -0.3 is 10.4 Å². The zero-order valence-electron chi connectivity index (χ0n) is 9.72. The lowest BCUT2D eigenvalue weighted by Crippen LogP contribution is -2.31. The van der Waals surface area contributed by atoms with Crippen molar-refractivity contribution in [3.05, 3.63) is 38.9 Å². The summed E-state index contributed by atoms with van der Waals surface area (Å²) >= 11 is 5.80. The average molecular weight is 273 g/mol. The van der Waals surface area contributed by atoms with Gasteiger partial charge in [-0.05, 0) is 12.5 Å². The predicted molar refractivity (Wildman–Crippen MR) is 66.7 cm³/mol. The van der Waals surface area contributed by atoms with E-state index in [0.717, 1.165) is 6.07 Å². The van der Waals surface area contributed by atoms with Gasteiger partial charge in [0.25, 0.3) is 11.6 Å². The van der Waals surface area contributed by atoms with Gasteiger partial charge >= 0.3 is 0 Å². The zero-order chi connectivity index (χ0) is 13.7. The lowest BCUT2D eigenvalue weighted by Gasteiger charge is -2.10. The minimum absolute atomic E-state index is 0.0224. The van der Waals surface area contributed by atoms with Crippen LogP contribution in [0.25, 0.3) is 0 Å². The van der Waals surface area contributed by atoms with Gasteiger partial charge in [0.1, 0.15) is 0 Å². The quantitative estimate of drug-likeness (QED) is 0.631. The minimum Gasteiger partial charge on any atom is -0.391 e. The standard InChI is InChI=1S/C11H13ClN2O4/c1-2-8(15)6-13-11(16)9-5-7(14(17)18)3-4-10(9)12/h3-5,8,15H,2,6H2,1H3,(H,13,16). The Morgan fingerprint density at radius 2 is 2.28 bits per heavy atom. The highest BCUT2D eigenvalue weighted by Crippen LogP contribution is 2.21. The van der Waals surface area contributed by atoms with Crippen LogP contribution < -0.4 is 5.32 Å². The van der Waals surface area contributed by atoms with Crippen LogP contribution in [0.5, 0.6) is 0 Å². The van der Waals surface area contributed by atoms with Gasteiger partial charge in [0.05, 0.1) is 21.6 Å². The molecule has 1 unspecified atom stereocenters. The molecule has 0 aromatic heterocycles. The van der Waals surface area contributed by atoms with E-state index in [1.54, 1.807) is 6.92 Å². The molecule has 0 fully saturated rings. The summed E-state index contributed by atoms with van der Waals surface area (Å²) in [5.41, 5.74) is -0.185. The average Bonchev–Trinajstić information content (AvgIpc) is 2.35. The van der Waals surface area contributed by atoms with Crippen molar-refractivity contribution in [1.82, 2.24) is 5.32 Å². The van der Waals surface area contributed by atoms with Crippen LogP contribution in [0.3, 0.4) is 0 Å². The first-order valence-electron chi connectivity index (χ1n) is 5.36. The van der Waals surface area contributed by atoms with Gasteiger partial charge in [-0.2, -0.15) is 0 Å². The molecule has 0 aliphatic rings. The highest BCUT2D eigenvalue weighted by atomic mass is 35.5. The molecule has 0 radical (unpaired) electrons. The van der Waals surface area contributed by atoms with E-state index in [0.29, 0.717) is 6.42 Å². The molecule has 0 saturated heterocycles. The largest absolute Gasteiger partial charge is 0.391 e. The Morgan fingerprint density at radius 1 is 1.61 bits per heavy atom. The lowest BCUT2D eigenvalue weighted by atomic mass is 10.2. The van der Waals surface area contributed by atoms with E-state index in [2.05, 4.69) is 5.32 Å². The van der Waals surface area contributed by atoms with Crippen molar-refractivity contribution in [3.8, 4) is 0 Å². The van der Waals surface area contributed by atoms with E-state index in [9.17, 15) is 20.0 Å². The number of aliphatic hydroxyl groups is 1. The molecule has 1 aromatic rings. The summed E-state index contributed by atoms with van der Waals surface area (Å²) in [7, 11) is 0. The number of nitro benzene ring substituents is 1. The van der Waals surface area contributed by atoms with Crippen molar-refractivity contribution in [2.75, 3.05) is 6.54 Å². The fourth-order valence-electron chi connectivity index (χ4n) is 1.25. The number of amides is 1. The van der Waals surface area contributed by atoms with Crippen molar-refractivity contribution in [3.63, 3.8) is 0 Å². The van der Waals surface area contributed by atoms with Crippen molar-refractivity contribution < 1.29 is 14.8 Å². The first kappa shape index (κ1) is 14.4. The summed E-state index contributed by atoms with van der Waals surface area (Å²) < 4.78 is 0. The van der Waals surface area contributed by atoms with E-state index in [-0.39, 0.29) is 22.8 Å². The van der Waals surface area contributed by atoms with Crippen molar-refractivity contribution in [2.45, 2.75) is 19.4 Å². The summed E-state index contributed by atoms with van der Waals surface area (Å²) in [6.45, 7) is 1.85. The highest BCUT2D eigenvalue weighted by molar-refractivity contribution is 6.33. The third kappa shape index (κ3) is 3.68. The molecule has 1 atom stereocenters. The number of carbonyl (C=O) groups excluding carboxylic acids is 1. The van der Waals surface area contributed by atoms with E-state index in [4.69, 9.17) is 11.6 Å². The molecule has 0 heterocycles. The molecule has 0 spiro atoms. The predicted octanol–water partition coefficient (Wildman–Crippen LogP) is 1.75. The number of rotatable bonds is 5. The van der Waals surface area contributed by atoms with Gasteiger partial charge in [-0.25, -0.2) is 0 Å².